The maximum absolute atomic E-state index is 14.0. The van der Waals surface area contributed by atoms with Crippen LogP contribution in [-0.2, 0) is 16.0 Å². The third-order valence-electron chi connectivity index (χ3n) is 9.77. The molecule has 0 spiro atoms. The Morgan fingerprint density at radius 1 is 0.960 bits per heavy atom. The van der Waals surface area contributed by atoms with E-state index in [0.29, 0.717) is 42.5 Å². The number of rotatable bonds is 10. The number of tetrazole rings is 1. The van der Waals surface area contributed by atoms with Gasteiger partial charge in [-0.25, -0.2) is 10.00 Å². The molecule has 2 fully saturated rings. The van der Waals surface area contributed by atoms with Gasteiger partial charge in [0, 0.05) is 29.3 Å². The fourth-order valence-corrected chi connectivity index (χ4v) is 6.78. The topological polar surface area (TPSA) is 198 Å². The van der Waals surface area contributed by atoms with Crippen LogP contribution in [0.3, 0.4) is 0 Å². The van der Waals surface area contributed by atoms with Crippen LogP contribution in [0.5, 0.6) is 0 Å². The molecule has 7 N–H and O–H groups in total. The molecule has 0 bridgehead atoms. The van der Waals surface area contributed by atoms with Crippen LogP contribution in [0.4, 0.5) is 5.69 Å². The lowest BCUT2D eigenvalue weighted by atomic mass is 9.81. The minimum atomic E-state index is -0.950. The van der Waals surface area contributed by atoms with Gasteiger partial charge >= 0.3 is 0 Å². The highest BCUT2D eigenvalue weighted by atomic mass is 35.5. The lowest BCUT2D eigenvalue weighted by Gasteiger charge is -2.32. The van der Waals surface area contributed by atoms with Gasteiger partial charge in [0.25, 0.3) is 11.8 Å². The number of aryl methyl sites for hydroxylation is 1. The van der Waals surface area contributed by atoms with E-state index < -0.39 is 11.9 Å². The lowest BCUT2D eigenvalue weighted by Crippen LogP contribution is -2.50. The van der Waals surface area contributed by atoms with Crippen molar-refractivity contribution in [1.82, 2.24) is 36.2 Å². The van der Waals surface area contributed by atoms with Crippen LogP contribution in [0.15, 0.2) is 60.8 Å². The number of carbonyl (C=O) groups is 3. The van der Waals surface area contributed by atoms with Crippen LogP contribution < -0.4 is 27.0 Å². The third-order valence-corrected chi connectivity index (χ3v) is 9.77. The number of benzene rings is 2. The number of nitrogens with two attached hydrogens (primary N) is 2. The quantitative estimate of drug-likeness (QED) is 0.164. The Bertz CT molecular complexity index is 1740. The zero-order chi connectivity index (χ0) is 34.3. The van der Waals surface area contributed by atoms with Gasteiger partial charge in [0.2, 0.25) is 5.91 Å². The lowest BCUT2D eigenvalue weighted by molar-refractivity contribution is -0.130. The van der Waals surface area contributed by atoms with E-state index in [-0.39, 0.29) is 42.6 Å². The largest absolute Gasteiger partial charge is 0.348 e. The molecular weight excluding hydrogens is 656 g/mol. The molecule has 1 aliphatic carbocycles. The smallest absolute Gasteiger partial charge is 0.270 e. The van der Waals surface area contributed by atoms with Crippen molar-refractivity contribution in [1.29, 1.82) is 0 Å². The van der Waals surface area contributed by atoms with E-state index in [9.17, 15) is 14.4 Å². The van der Waals surface area contributed by atoms with Gasteiger partial charge < -0.3 is 22.1 Å². The molecule has 1 aliphatic heterocycles. The molecule has 0 radical (unpaired) electrons. The van der Waals surface area contributed by atoms with E-state index >= 15 is 0 Å². The van der Waals surface area contributed by atoms with Crippen LogP contribution >= 0.6 is 12.4 Å². The molecule has 4 aromatic rings. The third kappa shape index (κ3) is 8.59. The molecular formula is C36H45ClN10O3. The number of halogens is 1. The predicted octanol–water partition coefficient (Wildman–Crippen LogP) is 3.34. The highest BCUT2D eigenvalue weighted by Crippen LogP contribution is 2.32. The molecule has 13 nitrogen and oxygen atoms in total. The maximum atomic E-state index is 14.0. The number of hydrogen-bond acceptors (Lipinski definition) is 10. The summed E-state index contributed by atoms with van der Waals surface area (Å²) < 4.78 is 0. The zero-order valence-electron chi connectivity index (χ0n) is 28.2. The Morgan fingerprint density at radius 3 is 2.26 bits per heavy atom. The molecule has 1 saturated heterocycles. The summed E-state index contributed by atoms with van der Waals surface area (Å²) in [6.45, 7) is 4.36. The number of pyridine rings is 1. The number of nitrogens with zero attached hydrogens (tertiary/aromatic N) is 5. The van der Waals surface area contributed by atoms with E-state index in [1.165, 1.54) is 4.90 Å². The van der Waals surface area contributed by atoms with Crippen molar-refractivity contribution < 1.29 is 14.4 Å². The van der Waals surface area contributed by atoms with Gasteiger partial charge in [-0.2, -0.15) is 0 Å². The minimum absolute atomic E-state index is 0. The van der Waals surface area contributed by atoms with E-state index in [4.69, 9.17) is 11.5 Å². The average molecular weight is 701 g/mol. The first kappa shape index (κ1) is 36.7. The van der Waals surface area contributed by atoms with Crippen LogP contribution in [0.1, 0.15) is 60.1 Å². The van der Waals surface area contributed by atoms with Gasteiger partial charge in [-0.15, -0.1) is 17.5 Å². The van der Waals surface area contributed by atoms with Crippen molar-refractivity contribution in [2.24, 2.45) is 23.3 Å². The first-order valence-corrected chi connectivity index (χ1v) is 17.1. The number of aromatic nitrogens is 5. The highest BCUT2D eigenvalue weighted by Gasteiger charge is 2.35. The molecule has 3 amide bonds. The van der Waals surface area contributed by atoms with Gasteiger partial charge in [0.1, 0.15) is 5.69 Å². The molecule has 50 heavy (non-hydrogen) atoms. The van der Waals surface area contributed by atoms with Crippen LogP contribution in [0, 0.1) is 18.8 Å². The van der Waals surface area contributed by atoms with Gasteiger partial charge in [-0.05, 0) is 135 Å². The van der Waals surface area contributed by atoms with Crippen LogP contribution in [-0.4, -0.2) is 75.0 Å². The monoisotopic (exact) mass is 700 g/mol. The Morgan fingerprint density at radius 2 is 1.64 bits per heavy atom. The molecule has 6 rings (SSSR count). The fraction of sp³-hybridized carbons (Fsp3) is 0.417. The molecule has 3 heterocycles. The molecule has 2 aliphatic rings. The number of amides is 3. The number of hydrogen-bond donors (Lipinski definition) is 5. The number of imide groups is 1. The maximum Gasteiger partial charge on any atom is 0.270 e. The second-order valence-corrected chi connectivity index (χ2v) is 13.2. The summed E-state index contributed by atoms with van der Waals surface area (Å²) in [5.41, 5.74) is 17.7. The number of nitrogens with one attached hydrogen (secondary N) is 3. The normalized spacial score (nSPS) is 18.5. The summed E-state index contributed by atoms with van der Waals surface area (Å²) in [5.74, 6) is -0.256. The van der Waals surface area contributed by atoms with E-state index in [0.717, 1.165) is 66.6 Å². The average Bonchev–Trinajstić information content (AvgIpc) is 3.68. The summed E-state index contributed by atoms with van der Waals surface area (Å²) in [4.78, 5) is 46.5. The van der Waals surface area contributed by atoms with Crippen molar-refractivity contribution in [2.45, 2.75) is 64.0 Å². The summed E-state index contributed by atoms with van der Waals surface area (Å²) in [6, 6.07) is 15.8. The van der Waals surface area contributed by atoms with Crippen LogP contribution in [0.2, 0.25) is 0 Å². The molecule has 2 aromatic carbocycles. The fourth-order valence-electron chi connectivity index (χ4n) is 6.78. The zero-order valence-corrected chi connectivity index (χ0v) is 29.0. The molecule has 264 valence electrons. The Labute approximate surface area is 297 Å². The SMILES string of the molecule is Cc1cc(C(=O)NC2CCNCC2)ncc1-c1ccc(C[C@H](N)C(=O)N(c2ccc(-c3nnn[nH]3)cc2)C(=O)[C@H]2CC[C@H](CN)CC2)cc1.Cl. The van der Waals surface area contributed by atoms with E-state index in [1.807, 2.05) is 37.3 Å². The van der Waals surface area contributed by atoms with E-state index in [2.05, 4.69) is 36.2 Å². The molecule has 1 atom stereocenters. The van der Waals surface area contributed by atoms with E-state index in [1.54, 1.807) is 30.5 Å². The highest BCUT2D eigenvalue weighted by molar-refractivity contribution is 6.17. The van der Waals surface area contributed by atoms with Gasteiger partial charge in [0.05, 0.1) is 11.7 Å². The Hall–Kier alpha value is -4.56. The van der Waals surface area contributed by atoms with Gasteiger partial charge in [-0.1, -0.05) is 24.3 Å². The van der Waals surface area contributed by atoms with Crippen LogP contribution in [0.25, 0.3) is 22.5 Å². The summed E-state index contributed by atoms with van der Waals surface area (Å²) in [5, 5.41) is 20.3. The Balaban J connectivity index is 0.00000486. The van der Waals surface area contributed by atoms with Gasteiger partial charge in [0.15, 0.2) is 5.82 Å². The second kappa shape index (κ2) is 16.9. The molecule has 14 heteroatoms. The molecule has 2 aromatic heterocycles. The first-order chi connectivity index (χ1) is 23.8. The predicted molar refractivity (Wildman–Crippen MR) is 193 cm³/mol. The van der Waals surface area contributed by atoms with Gasteiger partial charge in [-0.3, -0.25) is 19.4 Å². The van der Waals surface area contributed by atoms with Crippen molar-refractivity contribution >= 4 is 35.8 Å². The first-order valence-electron chi connectivity index (χ1n) is 17.1. The summed E-state index contributed by atoms with van der Waals surface area (Å²) in [6.07, 6.45) is 6.86. The van der Waals surface area contributed by atoms with Crippen molar-refractivity contribution in [3.05, 3.63) is 77.6 Å². The number of H-pyrrole nitrogens is 1. The van der Waals surface area contributed by atoms with Crippen molar-refractivity contribution in [3.63, 3.8) is 0 Å². The summed E-state index contributed by atoms with van der Waals surface area (Å²) in [7, 11) is 0. The number of aromatic amines is 1. The Kier molecular flexibility index (Phi) is 12.4. The summed E-state index contributed by atoms with van der Waals surface area (Å²) >= 11 is 0. The minimum Gasteiger partial charge on any atom is -0.348 e. The number of piperidine rings is 1. The second-order valence-electron chi connectivity index (χ2n) is 13.2. The molecule has 0 unspecified atom stereocenters. The van der Waals surface area contributed by atoms with Crippen molar-refractivity contribution in [2.75, 3.05) is 24.5 Å². The molecule has 1 saturated carbocycles. The number of carbonyl (C=O) groups excluding carboxylic acids is 3. The number of anilines is 1. The van der Waals surface area contributed by atoms with Crippen molar-refractivity contribution in [3.8, 4) is 22.5 Å². The standard InChI is InChI=1S/C36H44N10O3.ClH/c1-22-18-32(34(47)41-28-14-16-39-17-15-28)40-21-30(22)25-6-2-23(3-7-25)19-31(38)36(49)46(35(48)27-8-4-24(20-37)5-9-27)29-12-10-26(11-13-29)33-42-44-45-43-33;/h2-3,6-7,10-13,18,21,24,27-28,31,39H,4-5,8-9,14-17,19-20,37-38H2,1H3,(H,41,47)(H,42,43,44,45);1H/t24-,27-,31-;/m0./s1.